The Morgan fingerprint density at radius 1 is 1.07 bits per heavy atom. The summed E-state index contributed by atoms with van der Waals surface area (Å²) in [6.45, 7) is 5.37. The summed E-state index contributed by atoms with van der Waals surface area (Å²) in [4.78, 5) is 28.1. The molecular weight excluding hydrogens is 366 g/mol. The van der Waals surface area contributed by atoms with E-state index in [0.29, 0.717) is 24.5 Å². The Balaban J connectivity index is 1.59. The number of ether oxygens (including phenoxy) is 2. The van der Waals surface area contributed by atoms with Gasteiger partial charge in [0.05, 0.1) is 24.1 Å². The summed E-state index contributed by atoms with van der Waals surface area (Å²) in [5.74, 6) is 0.987. The highest BCUT2D eigenvalue weighted by molar-refractivity contribution is 6.11. The van der Waals surface area contributed by atoms with Crippen molar-refractivity contribution in [3.05, 3.63) is 41.2 Å². The summed E-state index contributed by atoms with van der Waals surface area (Å²) in [6.07, 6.45) is 7.08. The summed E-state index contributed by atoms with van der Waals surface area (Å²) < 4.78 is 11.9. The maximum absolute atomic E-state index is 13.4. The molecule has 1 fully saturated rings. The normalized spacial score (nSPS) is 26.3. The number of nitrogens with zero attached hydrogens (tertiary/aromatic N) is 1. The number of benzene rings is 1. The van der Waals surface area contributed by atoms with Crippen LogP contribution in [0.25, 0.3) is 0 Å². The van der Waals surface area contributed by atoms with Crippen molar-refractivity contribution in [2.45, 2.75) is 70.9 Å². The van der Waals surface area contributed by atoms with Gasteiger partial charge < -0.3 is 14.4 Å². The molecule has 156 valence electrons. The van der Waals surface area contributed by atoms with Crippen LogP contribution >= 0.6 is 0 Å². The lowest BCUT2D eigenvalue weighted by atomic mass is 9.77. The lowest BCUT2D eigenvalue weighted by Gasteiger charge is -2.35. The number of ketones is 1. The highest BCUT2D eigenvalue weighted by Gasteiger charge is 2.51. The van der Waals surface area contributed by atoms with E-state index < -0.39 is 0 Å². The quantitative estimate of drug-likeness (QED) is 0.633. The van der Waals surface area contributed by atoms with Gasteiger partial charge >= 0.3 is 0 Å². The van der Waals surface area contributed by atoms with E-state index in [1.165, 1.54) is 6.42 Å². The monoisotopic (exact) mass is 397 g/mol. The Morgan fingerprint density at radius 3 is 2.55 bits per heavy atom. The minimum Gasteiger partial charge on any atom is -0.494 e. The van der Waals surface area contributed by atoms with Crippen molar-refractivity contribution in [1.29, 1.82) is 0 Å². The number of likely N-dealkylation sites (N-methyl/N-ethyl adjacent to an activating group) is 1. The van der Waals surface area contributed by atoms with E-state index in [2.05, 4.69) is 6.92 Å². The molecule has 3 aliphatic rings. The zero-order valence-electron chi connectivity index (χ0n) is 17.5. The van der Waals surface area contributed by atoms with E-state index in [1.54, 1.807) is 4.90 Å². The molecule has 1 amide bonds. The first-order chi connectivity index (χ1) is 14.2. The second kappa shape index (κ2) is 8.60. The molecule has 1 saturated carbocycles. The summed E-state index contributed by atoms with van der Waals surface area (Å²) in [7, 11) is 0. The van der Waals surface area contributed by atoms with Crippen LogP contribution in [0, 0.1) is 5.92 Å². The predicted molar refractivity (Wildman–Crippen MR) is 110 cm³/mol. The van der Waals surface area contributed by atoms with Crippen LogP contribution in [-0.2, 0) is 14.3 Å². The smallest absolute Gasteiger partial charge is 0.290 e. The summed E-state index contributed by atoms with van der Waals surface area (Å²) >= 11 is 0. The van der Waals surface area contributed by atoms with Gasteiger partial charge in [-0.15, -0.1) is 0 Å². The van der Waals surface area contributed by atoms with Crippen molar-refractivity contribution in [2.24, 2.45) is 5.92 Å². The summed E-state index contributed by atoms with van der Waals surface area (Å²) in [5.41, 5.74) is 1.51. The summed E-state index contributed by atoms with van der Waals surface area (Å²) in [6, 6.07) is 7.48. The Kier molecular flexibility index (Phi) is 5.93. The van der Waals surface area contributed by atoms with E-state index in [1.807, 2.05) is 31.2 Å². The molecule has 3 atom stereocenters. The molecule has 0 bridgehead atoms. The Hall–Kier alpha value is -2.30. The topological polar surface area (TPSA) is 55.8 Å². The maximum Gasteiger partial charge on any atom is 0.290 e. The molecule has 0 spiro atoms. The van der Waals surface area contributed by atoms with Gasteiger partial charge in [0.1, 0.15) is 11.9 Å². The Labute approximate surface area is 173 Å². The molecule has 1 aromatic carbocycles. The number of Topliss-reactive ketones (excluding diaryl/α,β-unsaturated/α-hetero) is 1. The molecule has 29 heavy (non-hydrogen) atoms. The van der Waals surface area contributed by atoms with Crippen LogP contribution in [0.15, 0.2) is 35.6 Å². The zero-order chi connectivity index (χ0) is 20.4. The Morgan fingerprint density at radius 2 is 1.83 bits per heavy atom. The Bertz CT molecular complexity index is 798. The molecule has 0 aromatic heterocycles. The van der Waals surface area contributed by atoms with Gasteiger partial charge in [-0.25, -0.2) is 0 Å². The second-order valence-corrected chi connectivity index (χ2v) is 8.27. The third-order valence-corrected chi connectivity index (χ3v) is 6.41. The molecule has 0 N–H and O–H groups in total. The molecule has 5 nitrogen and oxygen atoms in total. The largest absolute Gasteiger partial charge is 0.494 e. The van der Waals surface area contributed by atoms with E-state index in [9.17, 15) is 9.59 Å². The van der Waals surface area contributed by atoms with Gasteiger partial charge in [0.25, 0.3) is 5.91 Å². The first-order valence-corrected chi connectivity index (χ1v) is 11.1. The second-order valence-electron chi connectivity index (χ2n) is 8.27. The minimum absolute atomic E-state index is 0.101. The highest BCUT2D eigenvalue weighted by Crippen LogP contribution is 2.46. The molecule has 0 saturated heterocycles. The van der Waals surface area contributed by atoms with Crippen molar-refractivity contribution in [3.8, 4) is 5.75 Å². The number of amides is 1. The van der Waals surface area contributed by atoms with Gasteiger partial charge in [-0.05, 0) is 50.3 Å². The van der Waals surface area contributed by atoms with E-state index in [0.717, 1.165) is 49.8 Å². The first kappa shape index (κ1) is 20.0. The van der Waals surface area contributed by atoms with Gasteiger partial charge in [0.2, 0.25) is 0 Å². The average Bonchev–Trinajstić information content (AvgIpc) is 3.04. The van der Waals surface area contributed by atoms with Crippen LogP contribution < -0.4 is 4.74 Å². The van der Waals surface area contributed by atoms with Gasteiger partial charge in [-0.1, -0.05) is 38.3 Å². The molecule has 2 aliphatic heterocycles. The third kappa shape index (κ3) is 3.67. The lowest BCUT2D eigenvalue weighted by molar-refractivity contribution is -0.135. The van der Waals surface area contributed by atoms with Gasteiger partial charge in [0, 0.05) is 6.54 Å². The van der Waals surface area contributed by atoms with Crippen LogP contribution in [0.1, 0.15) is 70.4 Å². The van der Waals surface area contributed by atoms with Crippen LogP contribution in [0.3, 0.4) is 0 Å². The van der Waals surface area contributed by atoms with Crippen molar-refractivity contribution in [1.82, 2.24) is 4.90 Å². The van der Waals surface area contributed by atoms with E-state index >= 15 is 0 Å². The van der Waals surface area contributed by atoms with Gasteiger partial charge in [-0.2, -0.15) is 0 Å². The highest BCUT2D eigenvalue weighted by atomic mass is 16.5. The number of carbonyl (C=O) groups is 2. The maximum atomic E-state index is 13.4. The number of hydrogen-bond donors (Lipinski definition) is 0. The van der Waals surface area contributed by atoms with Crippen molar-refractivity contribution >= 4 is 11.7 Å². The van der Waals surface area contributed by atoms with Crippen LogP contribution in [0.5, 0.6) is 5.75 Å². The molecule has 1 aliphatic carbocycles. The van der Waals surface area contributed by atoms with Crippen molar-refractivity contribution in [3.63, 3.8) is 0 Å². The SMILES string of the molecule is CCCCCOc1ccc(C2C3=C(OC4CCCCC4C3=O)C(=O)N2CC)cc1. The minimum atomic E-state index is -0.355. The van der Waals surface area contributed by atoms with Gasteiger partial charge in [-0.3, -0.25) is 9.59 Å². The number of rotatable bonds is 7. The number of fused-ring (bicyclic) bond motifs is 1. The fraction of sp³-hybridized carbons (Fsp3) is 0.583. The number of carbonyl (C=O) groups excluding carboxylic acids is 2. The van der Waals surface area contributed by atoms with Crippen molar-refractivity contribution in [2.75, 3.05) is 13.2 Å². The van der Waals surface area contributed by atoms with E-state index in [-0.39, 0.29) is 29.8 Å². The fourth-order valence-electron chi connectivity index (χ4n) is 4.85. The lowest BCUT2D eigenvalue weighted by Crippen LogP contribution is -2.39. The molecule has 1 aromatic rings. The summed E-state index contributed by atoms with van der Waals surface area (Å²) in [5, 5.41) is 0. The van der Waals surface area contributed by atoms with Crippen LogP contribution in [0.4, 0.5) is 0 Å². The van der Waals surface area contributed by atoms with E-state index in [4.69, 9.17) is 9.47 Å². The molecule has 3 unspecified atom stereocenters. The molecule has 2 heterocycles. The average molecular weight is 398 g/mol. The van der Waals surface area contributed by atoms with Crippen molar-refractivity contribution < 1.29 is 19.1 Å². The van der Waals surface area contributed by atoms with Crippen LogP contribution in [0.2, 0.25) is 0 Å². The standard InChI is InChI=1S/C24H31NO4/c1-3-5-8-15-28-17-13-11-16(12-14-17)21-20-22(26)18-9-6-7-10-19(18)29-23(20)24(27)25(21)4-2/h11-14,18-19,21H,3-10,15H2,1-2H3. The fourth-order valence-corrected chi connectivity index (χ4v) is 4.85. The zero-order valence-corrected chi connectivity index (χ0v) is 17.5. The molecule has 4 rings (SSSR count). The molecular formula is C24H31NO4. The predicted octanol–water partition coefficient (Wildman–Crippen LogP) is 4.57. The van der Waals surface area contributed by atoms with Gasteiger partial charge in [0.15, 0.2) is 11.5 Å². The molecule has 0 radical (unpaired) electrons. The molecule has 5 heteroatoms. The number of hydrogen-bond acceptors (Lipinski definition) is 4. The first-order valence-electron chi connectivity index (χ1n) is 11.1. The number of unbranched alkanes of at least 4 members (excludes halogenated alkanes) is 2. The van der Waals surface area contributed by atoms with Crippen LogP contribution in [-0.4, -0.2) is 35.8 Å². The third-order valence-electron chi connectivity index (χ3n) is 6.41.